The van der Waals surface area contributed by atoms with E-state index >= 15 is 0 Å². The van der Waals surface area contributed by atoms with Crippen molar-refractivity contribution in [1.29, 1.82) is 0 Å². The van der Waals surface area contributed by atoms with Crippen LogP contribution in [0.3, 0.4) is 0 Å². The molecule has 0 radical (unpaired) electrons. The van der Waals surface area contributed by atoms with E-state index in [1.807, 2.05) is 19.9 Å². The summed E-state index contributed by atoms with van der Waals surface area (Å²) in [6.07, 6.45) is 6.42. The van der Waals surface area contributed by atoms with Gasteiger partial charge in [-0.3, -0.25) is 0 Å². The zero-order chi connectivity index (χ0) is 16.4. The Morgan fingerprint density at radius 1 is 1.23 bits per heavy atom. The van der Waals surface area contributed by atoms with Crippen molar-refractivity contribution in [3.8, 4) is 0 Å². The lowest BCUT2D eigenvalue weighted by Gasteiger charge is -2.33. The zero-order valence-corrected chi connectivity index (χ0v) is 14.6. The Morgan fingerprint density at radius 3 is 2.36 bits per heavy atom. The second-order valence-corrected chi connectivity index (χ2v) is 7.54. The average molecular weight is 306 g/mol. The molecule has 1 fully saturated rings. The van der Waals surface area contributed by atoms with Crippen LogP contribution in [-0.4, -0.2) is 33.5 Å². The fourth-order valence-corrected chi connectivity index (χ4v) is 3.04. The Bertz CT molecular complexity index is 617. The van der Waals surface area contributed by atoms with Crippen molar-refractivity contribution < 1.29 is 9.84 Å². The summed E-state index contributed by atoms with van der Waals surface area (Å²) >= 11 is 0. The van der Waals surface area contributed by atoms with Gasteiger partial charge in [-0.05, 0) is 19.3 Å². The van der Waals surface area contributed by atoms with Gasteiger partial charge in [-0.2, -0.15) is 0 Å². The molecule has 1 aromatic rings. The first-order chi connectivity index (χ1) is 10.3. The predicted molar refractivity (Wildman–Crippen MR) is 89.9 cm³/mol. The number of hydrogen-bond donors (Lipinski definition) is 1. The maximum atomic E-state index is 10.9. The molecule has 0 saturated carbocycles. The van der Waals surface area contributed by atoms with Gasteiger partial charge < -0.3 is 14.4 Å². The first-order valence-corrected chi connectivity index (χ1v) is 8.26. The third-order valence-corrected chi connectivity index (χ3v) is 4.23. The quantitative estimate of drug-likeness (QED) is 0.923. The van der Waals surface area contributed by atoms with Crippen molar-refractivity contribution in [3.05, 3.63) is 16.5 Å². The van der Waals surface area contributed by atoms with E-state index in [0.29, 0.717) is 32.6 Å². The Kier molecular flexibility index (Phi) is 5.13. The molecule has 22 heavy (non-hydrogen) atoms. The predicted octanol–water partition coefficient (Wildman–Crippen LogP) is 1.61. The second kappa shape index (κ2) is 6.55. The minimum Gasteiger partial charge on any atom is -0.388 e. The van der Waals surface area contributed by atoms with E-state index in [2.05, 4.69) is 31.4 Å². The number of aromatic nitrogens is 2. The van der Waals surface area contributed by atoms with Gasteiger partial charge in [0.15, 0.2) is 0 Å². The number of aliphatic hydroxyl groups is 1. The highest BCUT2D eigenvalue weighted by Crippen LogP contribution is 2.24. The molecule has 2 heterocycles. The van der Waals surface area contributed by atoms with Crippen molar-refractivity contribution in [2.75, 3.05) is 13.2 Å². The molecule has 0 bridgehead atoms. The molecular formula is C18H30N2O2. The van der Waals surface area contributed by atoms with E-state index in [9.17, 15) is 5.11 Å². The van der Waals surface area contributed by atoms with Crippen LogP contribution < -0.4 is 10.7 Å². The van der Waals surface area contributed by atoms with Crippen LogP contribution in [0.15, 0.2) is 0 Å². The standard InChI is InChI=1S/C18H30N2O2/c1-6-14-15(7-2)20(16(19-14)12-17(3,4)5)13-18(21)8-10-22-11-9-18/h6-7,21H,8-13H2,1-5H3. The summed E-state index contributed by atoms with van der Waals surface area (Å²) in [5, 5.41) is 13.0. The van der Waals surface area contributed by atoms with Gasteiger partial charge in [0.1, 0.15) is 5.82 Å². The molecule has 1 aromatic heterocycles. The van der Waals surface area contributed by atoms with Crippen LogP contribution in [0.2, 0.25) is 0 Å². The summed E-state index contributed by atoms with van der Waals surface area (Å²) in [5.41, 5.74) is -0.522. The highest BCUT2D eigenvalue weighted by molar-refractivity contribution is 5.24. The van der Waals surface area contributed by atoms with Gasteiger partial charge in [-0.15, -0.1) is 0 Å². The van der Waals surface area contributed by atoms with Gasteiger partial charge in [-0.25, -0.2) is 4.98 Å². The monoisotopic (exact) mass is 306 g/mol. The SMILES string of the molecule is CC=c1nc(CC(C)(C)C)n(CC2(O)CCOCC2)c1=CC. The normalized spacial score (nSPS) is 20.6. The highest BCUT2D eigenvalue weighted by atomic mass is 16.5. The van der Waals surface area contributed by atoms with Crippen molar-refractivity contribution >= 4 is 12.2 Å². The van der Waals surface area contributed by atoms with Gasteiger partial charge in [-0.1, -0.05) is 32.9 Å². The zero-order valence-electron chi connectivity index (χ0n) is 14.6. The van der Waals surface area contributed by atoms with Gasteiger partial charge >= 0.3 is 0 Å². The molecule has 4 nitrogen and oxygen atoms in total. The molecule has 1 aliphatic rings. The maximum Gasteiger partial charge on any atom is 0.110 e. The molecule has 124 valence electrons. The fourth-order valence-electron chi connectivity index (χ4n) is 3.04. The van der Waals surface area contributed by atoms with Crippen molar-refractivity contribution in [3.63, 3.8) is 0 Å². The second-order valence-electron chi connectivity index (χ2n) is 7.54. The van der Waals surface area contributed by atoms with E-state index in [4.69, 9.17) is 9.72 Å². The van der Waals surface area contributed by atoms with Crippen LogP contribution in [0, 0.1) is 5.41 Å². The molecule has 2 rings (SSSR count). The summed E-state index contributed by atoms with van der Waals surface area (Å²) in [6.45, 7) is 12.6. The van der Waals surface area contributed by atoms with Crippen LogP contribution >= 0.6 is 0 Å². The summed E-state index contributed by atoms with van der Waals surface area (Å²) in [5.74, 6) is 1.06. The van der Waals surface area contributed by atoms with Gasteiger partial charge in [0.2, 0.25) is 0 Å². The fraction of sp³-hybridized carbons (Fsp3) is 0.722. The van der Waals surface area contributed by atoms with E-state index in [1.54, 1.807) is 0 Å². The summed E-state index contributed by atoms with van der Waals surface area (Å²) < 4.78 is 7.61. The average Bonchev–Trinajstić information content (AvgIpc) is 2.74. The lowest BCUT2D eigenvalue weighted by Crippen LogP contribution is -2.44. The number of imidazole rings is 1. The first kappa shape index (κ1) is 17.2. The first-order valence-electron chi connectivity index (χ1n) is 8.26. The van der Waals surface area contributed by atoms with Crippen LogP contribution in [0.4, 0.5) is 0 Å². The molecule has 0 unspecified atom stereocenters. The molecule has 1 N–H and O–H groups in total. The van der Waals surface area contributed by atoms with Gasteiger partial charge in [0, 0.05) is 32.5 Å². The third-order valence-electron chi connectivity index (χ3n) is 4.23. The third kappa shape index (κ3) is 3.99. The van der Waals surface area contributed by atoms with Crippen molar-refractivity contribution in [2.45, 2.75) is 66.0 Å². The minimum absolute atomic E-state index is 0.164. The Hall–Kier alpha value is -1.13. The van der Waals surface area contributed by atoms with Crippen molar-refractivity contribution in [2.24, 2.45) is 5.41 Å². The van der Waals surface area contributed by atoms with E-state index in [-0.39, 0.29) is 5.41 Å². The van der Waals surface area contributed by atoms with E-state index in [1.165, 1.54) is 0 Å². The summed E-state index contributed by atoms with van der Waals surface area (Å²) in [6, 6.07) is 0. The minimum atomic E-state index is -0.686. The molecular weight excluding hydrogens is 276 g/mol. The van der Waals surface area contributed by atoms with E-state index in [0.717, 1.165) is 22.9 Å². The molecule has 0 atom stereocenters. The van der Waals surface area contributed by atoms with Gasteiger partial charge in [0.05, 0.1) is 22.8 Å². The molecule has 1 saturated heterocycles. The van der Waals surface area contributed by atoms with Crippen LogP contribution in [0.5, 0.6) is 0 Å². The Morgan fingerprint density at radius 2 is 1.86 bits per heavy atom. The number of hydrogen-bond acceptors (Lipinski definition) is 3. The molecule has 1 aliphatic heterocycles. The van der Waals surface area contributed by atoms with Crippen LogP contribution in [-0.2, 0) is 17.7 Å². The molecule has 0 aliphatic carbocycles. The molecule has 4 heteroatoms. The topological polar surface area (TPSA) is 47.3 Å². The maximum absolute atomic E-state index is 10.9. The summed E-state index contributed by atoms with van der Waals surface area (Å²) in [4.78, 5) is 4.82. The lowest BCUT2D eigenvalue weighted by molar-refractivity contribution is -0.0736. The number of nitrogens with zero attached hydrogens (tertiary/aromatic N) is 2. The number of ether oxygens (including phenoxy) is 1. The summed E-state index contributed by atoms with van der Waals surface area (Å²) in [7, 11) is 0. The smallest absolute Gasteiger partial charge is 0.110 e. The number of rotatable bonds is 3. The largest absolute Gasteiger partial charge is 0.388 e. The highest BCUT2D eigenvalue weighted by Gasteiger charge is 2.31. The van der Waals surface area contributed by atoms with Crippen LogP contribution in [0.25, 0.3) is 12.2 Å². The molecule has 0 amide bonds. The molecule has 0 aromatic carbocycles. The van der Waals surface area contributed by atoms with E-state index < -0.39 is 5.60 Å². The Balaban J connectivity index is 2.45. The molecule has 0 spiro atoms. The van der Waals surface area contributed by atoms with Crippen molar-refractivity contribution in [1.82, 2.24) is 9.55 Å². The Labute approximate surface area is 133 Å². The lowest BCUT2D eigenvalue weighted by atomic mass is 9.91. The van der Waals surface area contributed by atoms with Gasteiger partial charge in [0.25, 0.3) is 0 Å². The van der Waals surface area contributed by atoms with Crippen LogP contribution in [0.1, 0.15) is 53.3 Å².